The summed E-state index contributed by atoms with van der Waals surface area (Å²) in [5.41, 5.74) is -0.677. The van der Waals surface area contributed by atoms with Crippen molar-refractivity contribution in [3.8, 4) is 0 Å². The molecule has 21 heavy (non-hydrogen) atoms. The molecule has 0 aliphatic heterocycles. The van der Waals surface area contributed by atoms with Gasteiger partial charge in [-0.2, -0.15) is 0 Å². The maximum absolute atomic E-state index is 13.3. The van der Waals surface area contributed by atoms with E-state index in [4.69, 9.17) is 0 Å². The summed E-state index contributed by atoms with van der Waals surface area (Å²) in [4.78, 5) is 11.6. The largest absolute Gasteiger partial charge is 0.480 e. The number of benzene rings is 2. The first-order valence-electron chi connectivity index (χ1n) is 6.41. The number of rotatable bonds is 5. The Kier molecular flexibility index (Phi) is 4.33. The smallest absolute Gasteiger partial charge is 0.328 e. The Morgan fingerprint density at radius 1 is 1.14 bits per heavy atom. The van der Waals surface area contributed by atoms with Crippen molar-refractivity contribution < 1.29 is 18.7 Å². The van der Waals surface area contributed by atoms with Crippen molar-refractivity contribution in [2.75, 3.05) is 0 Å². The molecule has 0 spiro atoms. The molecule has 2 rings (SSSR count). The Labute approximate surface area is 121 Å². The van der Waals surface area contributed by atoms with Crippen molar-refractivity contribution >= 4 is 5.97 Å². The zero-order valence-electron chi connectivity index (χ0n) is 11.4. The van der Waals surface area contributed by atoms with E-state index >= 15 is 0 Å². The van der Waals surface area contributed by atoms with Crippen molar-refractivity contribution in [1.82, 2.24) is 5.32 Å². The zero-order chi connectivity index (χ0) is 15.5. The van der Waals surface area contributed by atoms with Crippen LogP contribution in [0.5, 0.6) is 0 Å². The summed E-state index contributed by atoms with van der Waals surface area (Å²) in [5, 5.41) is 12.3. The lowest BCUT2D eigenvalue weighted by Gasteiger charge is -2.27. The quantitative estimate of drug-likeness (QED) is 0.890. The highest BCUT2D eigenvalue weighted by molar-refractivity contribution is 5.80. The van der Waals surface area contributed by atoms with Crippen LogP contribution in [-0.2, 0) is 16.9 Å². The number of nitrogens with one attached hydrogen (secondary N) is 1. The molecule has 2 N–H and O–H groups in total. The lowest BCUT2D eigenvalue weighted by Crippen LogP contribution is -2.46. The standard InChI is InChI=1S/C16H15F2NO2/c1-16(15(20)21,12-7-13(17)9-14(18)8-12)19-10-11-5-3-2-4-6-11/h2-9,19H,10H2,1H3,(H,20,21). The first kappa shape index (κ1) is 15.1. The fourth-order valence-corrected chi connectivity index (χ4v) is 2.02. The maximum atomic E-state index is 13.3. The molecule has 0 aliphatic rings. The molecule has 0 aliphatic carbocycles. The van der Waals surface area contributed by atoms with Crippen molar-refractivity contribution in [1.29, 1.82) is 0 Å². The molecule has 110 valence electrons. The van der Waals surface area contributed by atoms with Gasteiger partial charge in [0.2, 0.25) is 0 Å². The number of halogens is 2. The second kappa shape index (κ2) is 6.01. The van der Waals surface area contributed by atoms with Gasteiger partial charge < -0.3 is 5.11 Å². The minimum absolute atomic E-state index is 0.0310. The van der Waals surface area contributed by atoms with Gasteiger partial charge in [0.1, 0.15) is 17.2 Å². The molecular formula is C16H15F2NO2. The number of carboxylic acid groups (broad SMARTS) is 1. The second-order valence-electron chi connectivity index (χ2n) is 4.93. The molecule has 0 fully saturated rings. The van der Waals surface area contributed by atoms with Gasteiger partial charge in [0, 0.05) is 12.6 Å². The molecular weight excluding hydrogens is 276 g/mol. The zero-order valence-corrected chi connectivity index (χ0v) is 11.4. The summed E-state index contributed by atoms with van der Waals surface area (Å²) in [6.45, 7) is 1.65. The first-order valence-corrected chi connectivity index (χ1v) is 6.41. The maximum Gasteiger partial charge on any atom is 0.328 e. The molecule has 0 saturated carbocycles. The highest BCUT2D eigenvalue weighted by Crippen LogP contribution is 2.24. The average Bonchev–Trinajstić information content (AvgIpc) is 2.44. The third kappa shape index (κ3) is 3.44. The highest BCUT2D eigenvalue weighted by Gasteiger charge is 2.35. The van der Waals surface area contributed by atoms with Gasteiger partial charge in [0.15, 0.2) is 0 Å². The third-order valence-electron chi connectivity index (χ3n) is 3.36. The highest BCUT2D eigenvalue weighted by atomic mass is 19.1. The number of hydrogen-bond donors (Lipinski definition) is 2. The SMILES string of the molecule is CC(NCc1ccccc1)(C(=O)O)c1cc(F)cc(F)c1. The van der Waals surface area contributed by atoms with E-state index in [1.54, 1.807) is 0 Å². The number of hydrogen-bond acceptors (Lipinski definition) is 2. The van der Waals surface area contributed by atoms with Crippen molar-refractivity contribution in [3.63, 3.8) is 0 Å². The lowest BCUT2D eigenvalue weighted by molar-refractivity contribution is -0.144. The van der Waals surface area contributed by atoms with E-state index in [1.165, 1.54) is 6.92 Å². The van der Waals surface area contributed by atoms with E-state index in [0.717, 1.165) is 17.7 Å². The van der Waals surface area contributed by atoms with Crippen molar-refractivity contribution in [2.24, 2.45) is 0 Å². The third-order valence-corrected chi connectivity index (χ3v) is 3.36. The van der Waals surface area contributed by atoms with Crippen LogP contribution in [0.3, 0.4) is 0 Å². The number of carbonyl (C=O) groups is 1. The van der Waals surface area contributed by atoms with E-state index in [2.05, 4.69) is 5.32 Å². The molecule has 0 amide bonds. The average molecular weight is 291 g/mol. The summed E-state index contributed by atoms with van der Waals surface area (Å²) in [5.74, 6) is -2.82. The van der Waals surface area contributed by atoms with E-state index in [9.17, 15) is 18.7 Å². The fourth-order valence-electron chi connectivity index (χ4n) is 2.02. The first-order chi connectivity index (χ1) is 9.91. The summed E-state index contributed by atoms with van der Waals surface area (Å²) in [7, 11) is 0. The van der Waals surface area contributed by atoms with Gasteiger partial charge in [-0.3, -0.25) is 5.32 Å². The van der Waals surface area contributed by atoms with Crippen LogP contribution < -0.4 is 5.32 Å². The molecule has 0 heterocycles. The predicted molar refractivity (Wildman–Crippen MR) is 74.6 cm³/mol. The van der Waals surface area contributed by atoms with Crippen molar-refractivity contribution in [2.45, 2.75) is 19.0 Å². The second-order valence-corrected chi connectivity index (χ2v) is 4.93. The predicted octanol–water partition coefficient (Wildman–Crippen LogP) is 3.05. The van der Waals surface area contributed by atoms with Gasteiger partial charge in [-0.1, -0.05) is 30.3 Å². The van der Waals surface area contributed by atoms with E-state index in [1.807, 2.05) is 30.3 Å². The summed E-state index contributed by atoms with van der Waals surface area (Å²) >= 11 is 0. The molecule has 0 saturated heterocycles. The normalized spacial score (nSPS) is 13.7. The van der Waals surface area contributed by atoms with E-state index in [0.29, 0.717) is 6.07 Å². The molecule has 3 nitrogen and oxygen atoms in total. The van der Waals surface area contributed by atoms with Gasteiger partial charge in [-0.15, -0.1) is 0 Å². The van der Waals surface area contributed by atoms with E-state index < -0.39 is 23.1 Å². The summed E-state index contributed by atoms with van der Waals surface area (Å²) in [6.07, 6.45) is 0. The van der Waals surface area contributed by atoms with Crippen LogP contribution in [0.15, 0.2) is 48.5 Å². The Morgan fingerprint density at radius 3 is 2.24 bits per heavy atom. The number of aliphatic carboxylic acids is 1. The van der Waals surface area contributed by atoms with Crippen LogP contribution in [0, 0.1) is 11.6 Å². The minimum atomic E-state index is -1.58. The Hall–Kier alpha value is -2.27. The molecule has 0 aromatic heterocycles. The number of carboxylic acids is 1. The lowest BCUT2D eigenvalue weighted by atomic mass is 9.91. The molecule has 2 aromatic carbocycles. The van der Waals surface area contributed by atoms with Gasteiger partial charge in [-0.05, 0) is 30.2 Å². The van der Waals surface area contributed by atoms with Crippen LogP contribution in [0.2, 0.25) is 0 Å². The minimum Gasteiger partial charge on any atom is -0.480 e. The summed E-state index contributed by atoms with van der Waals surface area (Å²) in [6, 6.07) is 11.9. The topological polar surface area (TPSA) is 49.3 Å². The Balaban J connectivity index is 2.30. The van der Waals surface area contributed by atoms with Crippen LogP contribution in [0.4, 0.5) is 8.78 Å². The fraction of sp³-hybridized carbons (Fsp3) is 0.188. The van der Waals surface area contributed by atoms with Gasteiger partial charge in [0.25, 0.3) is 0 Å². The van der Waals surface area contributed by atoms with Crippen LogP contribution in [0.25, 0.3) is 0 Å². The molecule has 1 unspecified atom stereocenters. The van der Waals surface area contributed by atoms with Gasteiger partial charge in [-0.25, -0.2) is 13.6 Å². The van der Waals surface area contributed by atoms with Gasteiger partial charge >= 0.3 is 5.97 Å². The van der Waals surface area contributed by atoms with Crippen LogP contribution in [0.1, 0.15) is 18.1 Å². The Bertz CT molecular complexity index is 626. The van der Waals surface area contributed by atoms with Crippen molar-refractivity contribution in [3.05, 3.63) is 71.3 Å². The molecule has 1 atom stereocenters. The summed E-state index contributed by atoms with van der Waals surface area (Å²) < 4.78 is 26.6. The van der Waals surface area contributed by atoms with Crippen LogP contribution >= 0.6 is 0 Å². The molecule has 5 heteroatoms. The molecule has 0 bridgehead atoms. The Morgan fingerprint density at radius 2 is 1.71 bits per heavy atom. The van der Waals surface area contributed by atoms with Gasteiger partial charge in [0.05, 0.1) is 0 Å². The van der Waals surface area contributed by atoms with E-state index in [-0.39, 0.29) is 12.1 Å². The molecule has 2 aromatic rings. The van der Waals surface area contributed by atoms with Crippen LogP contribution in [-0.4, -0.2) is 11.1 Å². The molecule has 0 radical (unpaired) electrons. The monoisotopic (exact) mass is 291 g/mol.